The number of halogens is 2. The molecule has 5 rings (SSSR count). The summed E-state index contributed by atoms with van der Waals surface area (Å²) in [6.07, 6.45) is 4.82. The Kier molecular flexibility index (Phi) is 4.69. The highest BCUT2D eigenvalue weighted by atomic mass is 35.5. The summed E-state index contributed by atoms with van der Waals surface area (Å²) in [6, 6.07) is 10.5. The van der Waals surface area contributed by atoms with Crippen molar-refractivity contribution in [3.63, 3.8) is 0 Å². The molecule has 6 heteroatoms. The van der Waals surface area contributed by atoms with Crippen LogP contribution in [0.2, 0.25) is 0 Å². The smallest absolute Gasteiger partial charge is 0.157 e. The highest BCUT2D eigenvalue weighted by Gasteiger charge is 2.30. The number of hydrogen-bond acceptors (Lipinski definition) is 3. The van der Waals surface area contributed by atoms with Crippen molar-refractivity contribution in [2.45, 2.75) is 32.1 Å². The minimum absolute atomic E-state index is 0. The SMILES string of the molecule is Cl.N#Cc1c2c(c(N3CCC(CF)CC3)n3c1nc1ccccc13)CCC2. The van der Waals surface area contributed by atoms with E-state index < -0.39 is 0 Å². The zero-order valence-corrected chi connectivity index (χ0v) is 15.9. The number of benzene rings is 1. The minimum Gasteiger partial charge on any atom is -0.357 e. The maximum absolute atomic E-state index is 13.1. The topological polar surface area (TPSA) is 44.3 Å². The third kappa shape index (κ3) is 2.66. The van der Waals surface area contributed by atoms with Gasteiger partial charge in [0.2, 0.25) is 0 Å². The van der Waals surface area contributed by atoms with E-state index in [1.54, 1.807) is 0 Å². The maximum Gasteiger partial charge on any atom is 0.157 e. The van der Waals surface area contributed by atoms with Crippen LogP contribution >= 0.6 is 12.4 Å². The lowest BCUT2D eigenvalue weighted by molar-refractivity contribution is 0.307. The van der Waals surface area contributed by atoms with Gasteiger partial charge >= 0.3 is 0 Å². The molecular formula is C21H22ClFN4. The molecule has 3 heterocycles. The van der Waals surface area contributed by atoms with Gasteiger partial charge in [-0.3, -0.25) is 8.79 Å². The largest absolute Gasteiger partial charge is 0.357 e. The molecule has 27 heavy (non-hydrogen) atoms. The van der Waals surface area contributed by atoms with Gasteiger partial charge in [-0.1, -0.05) is 12.1 Å². The number of pyridine rings is 1. The van der Waals surface area contributed by atoms with Gasteiger partial charge in [0.1, 0.15) is 11.9 Å². The Labute approximate surface area is 164 Å². The monoisotopic (exact) mass is 384 g/mol. The van der Waals surface area contributed by atoms with E-state index in [-0.39, 0.29) is 25.0 Å². The second kappa shape index (κ2) is 7.01. The van der Waals surface area contributed by atoms with E-state index in [0.717, 1.165) is 67.4 Å². The molecule has 1 aliphatic carbocycles. The zero-order chi connectivity index (χ0) is 17.7. The first-order valence-corrected chi connectivity index (χ1v) is 9.47. The van der Waals surface area contributed by atoms with E-state index in [1.165, 1.54) is 16.9 Å². The molecule has 0 unspecified atom stereocenters. The molecule has 3 aromatic rings. The fourth-order valence-electron chi connectivity index (χ4n) is 4.69. The van der Waals surface area contributed by atoms with E-state index in [4.69, 9.17) is 4.98 Å². The molecule has 0 amide bonds. The molecule has 0 saturated carbocycles. The second-order valence-electron chi connectivity index (χ2n) is 7.47. The van der Waals surface area contributed by atoms with Gasteiger partial charge in [0.25, 0.3) is 0 Å². The predicted octanol–water partition coefficient (Wildman–Crippen LogP) is 4.46. The number of imidazole rings is 1. The number of nitriles is 1. The summed E-state index contributed by atoms with van der Waals surface area (Å²) in [5.41, 5.74) is 5.96. The van der Waals surface area contributed by atoms with Crippen LogP contribution in [0.5, 0.6) is 0 Å². The lowest BCUT2D eigenvalue weighted by Gasteiger charge is -2.34. The predicted molar refractivity (Wildman–Crippen MR) is 108 cm³/mol. The van der Waals surface area contributed by atoms with E-state index >= 15 is 0 Å². The molecule has 1 aliphatic heterocycles. The molecule has 1 aromatic carbocycles. The van der Waals surface area contributed by atoms with Gasteiger partial charge in [-0.25, -0.2) is 4.98 Å². The van der Waals surface area contributed by atoms with E-state index in [2.05, 4.69) is 21.4 Å². The number of nitrogens with zero attached hydrogens (tertiary/aromatic N) is 4. The third-order valence-corrected chi connectivity index (χ3v) is 6.03. The first-order chi connectivity index (χ1) is 12.8. The summed E-state index contributed by atoms with van der Waals surface area (Å²) in [5, 5.41) is 9.83. The number of fused-ring (bicyclic) bond motifs is 4. The van der Waals surface area contributed by atoms with Gasteiger partial charge in [-0.2, -0.15) is 5.26 Å². The number of anilines is 1. The molecule has 1 saturated heterocycles. The molecule has 0 spiro atoms. The van der Waals surface area contributed by atoms with E-state index in [1.807, 2.05) is 18.2 Å². The Hall–Kier alpha value is -2.32. The number of rotatable bonds is 2. The van der Waals surface area contributed by atoms with Crippen LogP contribution in [0.3, 0.4) is 0 Å². The van der Waals surface area contributed by atoms with Crippen LogP contribution in [0, 0.1) is 17.2 Å². The fraction of sp³-hybridized carbons (Fsp3) is 0.429. The molecule has 140 valence electrons. The van der Waals surface area contributed by atoms with Crippen molar-refractivity contribution >= 4 is 34.9 Å². The van der Waals surface area contributed by atoms with Gasteiger partial charge in [-0.05, 0) is 61.3 Å². The Morgan fingerprint density at radius 1 is 1.15 bits per heavy atom. The quantitative estimate of drug-likeness (QED) is 0.655. The Morgan fingerprint density at radius 2 is 1.89 bits per heavy atom. The van der Waals surface area contributed by atoms with Gasteiger partial charge in [-0.15, -0.1) is 12.4 Å². The van der Waals surface area contributed by atoms with Crippen LogP contribution in [0.4, 0.5) is 10.2 Å². The Bertz CT molecular complexity index is 1040. The van der Waals surface area contributed by atoms with E-state index in [0.29, 0.717) is 0 Å². The number of piperidine rings is 1. The van der Waals surface area contributed by atoms with Crippen molar-refractivity contribution in [3.05, 3.63) is 41.0 Å². The van der Waals surface area contributed by atoms with Crippen LogP contribution in [0.15, 0.2) is 24.3 Å². The normalized spacial score (nSPS) is 17.1. The molecule has 0 radical (unpaired) electrons. The zero-order valence-electron chi connectivity index (χ0n) is 15.1. The summed E-state index contributed by atoms with van der Waals surface area (Å²) >= 11 is 0. The molecule has 0 bridgehead atoms. The number of hydrogen-bond donors (Lipinski definition) is 0. The van der Waals surface area contributed by atoms with Crippen LogP contribution in [0.1, 0.15) is 36.0 Å². The van der Waals surface area contributed by atoms with Gasteiger partial charge in [0.05, 0.1) is 23.3 Å². The molecule has 1 fully saturated rings. The van der Waals surface area contributed by atoms with Crippen molar-refractivity contribution in [1.29, 1.82) is 5.26 Å². The maximum atomic E-state index is 13.1. The molecule has 0 atom stereocenters. The molecule has 0 N–H and O–H groups in total. The van der Waals surface area contributed by atoms with Crippen LogP contribution in [-0.4, -0.2) is 29.1 Å². The van der Waals surface area contributed by atoms with Gasteiger partial charge in [0.15, 0.2) is 5.65 Å². The Balaban J connectivity index is 0.00000180. The molecular weight excluding hydrogens is 363 g/mol. The van der Waals surface area contributed by atoms with Crippen molar-refractivity contribution in [2.75, 3.05) is 24.7 Å². The minimum atomic E-state index is -0.220. The van der Waals surface area contributed by atoms with Crippen molar-refractivity contribution in [2.24, 2.45) is 5.92 Å². The molecule has 2 aromatic heterocycles. The standard InChI is InChI=1S/C21H21FN4.ClH/c22-12-14-8-10-25(11-9-14)21-16-5-3-4-15(16)17(13-23)20-24-18-6-1-2-7-19(18)26(20)21;/h1-2,6-7,14H,3-5,8-12H2;1H. The van der Waals surface area contributed by atoms with E-state index in [9.17, 15) is 9.65 Å². The number of para-hydroxylation sites is 2. The van der Waals surface area contributed by atoms with Crippen LogP contribution in [-0.2, 0) is 12.8 Å². The summed E-state index contributed by atoms with van der Waals surface area (Å²) < 4.78 is 15.3. The first-order valence-electron chi connectivity index (χ1n) is 9.47. The molecule has 2 aliphatic rings. The average molecular weight is 385 g/mol. The van der Waals surface area contributed by atoms with Crippen LogP contribution in [0.25, 0.3) is 16.7 Å². The number of alkyl halides is 1. The lowest BCUT2D eigenvalue weighted by Crippen LogP contribution is -2.36. The lowest BCUT2D eigenvalue weighted by atomic mass is 9.97. The van der Waals surface area contributed by atoms with Crippen molar-refractivity contribution in [3.8, 4) is 6.07 Å². The molecule has 4 nitrogen and oxygen atoms in total. The first kappa shape index (κ1) is 18.1. The average Bonchev–Trinajstić information content (AvgIpc) is 3.31. The summed E-state index contributed by atoms with van der Waals surface area (Å²) in [5.74, 6) is 1.38. The van der Waals surface area contributed by atoms with Gasteiger partial charge in [0, 0.05) is 13.1 Å². The highest BCUT2D eigenvalue weighted by molar-refractivity contribution is 5.86. The summed E-state index contributed by atoms with van der Waals surface area (Å²) in [7, 11) is 0. The third-order valence-electron chi connectivity index (χ3n) is 6.03. The fourth-order valence-corrected chi connectivity index (χ4v) is 4.69. The second-order valence-corrected chi connectivity index (χ2v) is 7.47. The summed E-state index contributed by atoms with van der Waals surface area (Å²) in [4.78, 5) is 7.21. The Morgan fingerprint density at radius 3 is 2.63 bits per heavy atom. The van der Waals surface area contributed by atoms with Gasteiger partial charge < -0.3 is 4.90 Å². The summed E-state index contributed by atoms with van der Waals surface area (Å²) in [6.45, 7) is 1.52. The van der Waals surface area contributed by atoms with Crippen LogP contribution < -0.4 is 4.90 Å². The highest BCUT2D eigenvalue weighted by Crippen LogP contribution is 2.39. The van der Waals surface area contributed by atoms with Crippen molar-refractivity contribution in [1.82, 2.24) is 9.38 Å². The van der Waals surface area contributed by atoms with Crippen molar-refractivity contribution < 1.29 is 4.39 Å². The number of aromatic nitrogens is 2.